The summed E-state index contributed by atoms with van der Waals surface area (Å²) in [5.74, 6) is 2.09. The lowest BCUT2D eigenvalue weighted by molar-refractivity contribution is 0.546. The van der Waals surface area contributed by atoms with Gasteiger partial charge in [-0.05, 0) is 19.8 Å². The molecule has 0 amide bonds. The van der Waals surface area contributed by atoms with Crippen molar-refractivity contribution in [3.8, 4) is 11.3 Å². The Kier molecular flexibility index (Phi) is 2.17. The number of rotatable bonds is 1. The molecule has 3 rings (SSSR count). The van der Waals surface area contributed by atoms with E-state index in [0.29, 0.717) is 0 Å². The Hall–Kier alpha value is -1.76. The largest absolute Gasteiger partial charge is 0.460 e. The zero-order valence-corrected chi connectivity index (χ0v) is 9.36. The van der Waals surface area contributed by atoms with E-state index in [2.05, 4.69) is 36.4 Å². The lowest BCUT2D eigenvalue weighted by Crippen LogP contribution is -1.92. The normalized spacial score (nSPS) is 13.8. The van der Waals surface area contributed by atoms with Gasteiger partial charge in [0.2, 0.25) is 0 Å². The Morgan fingerprint density at radius 2 is 1.94 bits per heavy atom. The van der Waals surface area contributed by atoms with E-state index >= 15 is 0 Å². The number of allylic oxidation sites excluding steroid dienone is 1. The van der Waals surface area contributed by atoms with Crippen molar-refractivity contribution < 1.29 is 4.42 Å². The van der Waals surface area contributed by atoms with Crippen molar-refractivity contribution >= 4 is 6.08 Å². The monoisotopic (exact) mass is 210 g/mol. The molecule has 0 spiro atoms. The second kappa shape index (κ2) is 3.67. The minimum absolute atomic E-state index is 1.03. The fraction of sp³-hybridized carbons (Fsp3) is 0.200. The van der Waals surface area contributed by atoms with E-state index in [1.54, 1.807) is 0 Å². The highest BCUT2D eigenvalue weighted by atomic mass is 16.3. The minimum Gasteiger partial charge on any atom is -0.460 e. The van der Waals surface area contributed by atoms with E-state index in [-0.39, 0.29) is 0 Å². The average molecular weight is 210 g/mol. The van der Waals surface area contributed by atoms with E-state index in [1.807, 2.05) is 13.0 Å². The second-order valence-corrected chi connectivity index (χ2v) is 4.19. The first-order chi connectivity index (χ1) is 7.86. The molecule has 1 aliphatic carbocycles. The zero-order valence-electron chi connectivity index (χ0n) is 9.36. The van der Waals surface area contributed by atoms with Gasteiger partial charge in [0, 0.05) is 16.7 Å². The van der Waals surface area contributed by atoms with Crippen LogP contribution in [0.1, 0.15) is 23.3 Å². The molecule has 0 saturated carbocycles. The molecule has 1 aliphatic rings. The highest BCUT2D eigenvalue weighted by Crippen LogP contribution is 2.35. The molecule has 1 heteroatoms. The molecule has 0 aliphatic heterocycles. The first kappa shape index (κ1) is 9.46. The second-order valence-electron chi connectivity index (χ2n) is 4.19. The summed E-state index contributed by atoms with van der Waals surface area (Å²) in [7, 11) is 0. The molecule has 0 unspecified atom stereocenters. The van der Waals surface area contributed by atoms with Crippen LogP contribution in [-0.2, 0) is 6.42 Å². The molecular formula is C15H14O. The molecule has 0 bridgehead atoms. The van der Waals surface area contributed by atoms with Crippen LogP contribution >= 0.6 is 0 Å². The molecule has 1 heterocycles. The van der Waals surface area contributed by atoms with Crippen molar-refractivity contribution in [1.82, 2.24) is 0 Å². The Morgan fingerprint density at radius 3 is 2.75 bits per heavy atom. The molecule has 0 atom stereocenters. The number of fused-ring (bicyclic) bond motifs is 1. The van der Waals surface area contributed by atoms with E-state index in [0.717, 1.165) is 24.4 Å². The van der Waals surface area contributed by atoms with Gasteiger partial charge in [-0.3, -0.25) is 0 Å². The van der Waals surface area contributed by atoms with Crippen LogP contribution in [0.15, 0.2) is 40.8 Å². The molecule has 1 aromatic carbocycles. The summed E-state index contributed by atoms with van der Waals surface area (Å²) >= 11 is 0. The maximum Gasteiger partial charge on any atom is 0.138 e. The third-order valence-corrected chi connectivity index (χ3v) is 3.12. The van der Waals surface area contributed by atoms with Crippen LogP contribution in [0.3, 0.4) is 0 Å². The van der Waals surface area contributed by atoms with Gasteiger partial charge in [0.25, 0.3) is 0 Å². The predicted octanol–water partition coefficient (Wildman–Crippen LogP) is 4.21. The summed E-state index contributed by atoms with van der Waals surface area (Å²) in [5.41, 5.74) is 3.83. The topological polar surface area (TPSA) is 13.1 Å². The maximum atomic E-state index is 5.90. The molecular weight excluding hydrogens is 196 g/mol. The Morgan fingerprint density at radius 1 is 1.12 bits per heavy atom. The fourth-order valence-corrected chi connectivity index (χ4v) is 2.32. The quantitative estimate of drug-likeness (QED) is 0.687. The Bertz CT molecular complexity index is 532. The Labute approximate surface area is 95.4 Å². The van der Waals surface area contributed by atoms with Crippen molar-refractivity contribution in [1.29, 1.82) is 0 Å². The number of aryl methyl sites for hydroxylation is 1. The third kappa shape index (κ3) is 1.40. The average Bonchev–Trinajstić information content (AvgIpc) is 2.69. The highest BCUT2D eigenvalue weighted by Gasteiger charge is 2.18. The molecule has 16 heavy (non-hydrogen) atoms. The SMILES string of the molecule is Cc1oc(-c2ccccc2)c2c1C=CCC2. The predicted molar refractivity (Wildman–Crippen MR) is 66.2 cm³/mol. The molecule has 0 N–H and O–H groups in total. The summed E-state index contributed by atoms with van der Waals surface area (Å²) in [4.78, 5) is 0. The van der Waals surface area contributed by atoms with Crippen molar-refractivity contribution in [2.75, 3.05) is 0 Å². The third-order valence-electron chi connectivity index (χ3n) is 3.12. The van der Waals surface area contributed by atoms with Crippen LogP contribution in [-0.4, -0.2) is 0 Å². The summed E-state index contributed by atoms with van der Waals surface area (Å²) < 4.78 is 5.90. The van der Waals surface area contributed by atoms with Gasteiger partial charge in [-0.1, -0.05) is 42.5 Å². The number of furan rings is 1. The van der Waals surface area contributed by atoms with Crippen molar-refractivity contribution in [2.45, 2.75) is 19.8 Å². The van der Waals surface area contributed by atoms with Gasteiger partial charge < -0.3 is 4.42 Å². The summed E-state index contributed by atoms with van der Waals surface area (Å²) in [6, 6.07) is 10.4. The molecule has 0 saturated heterocycles. The van der Waals surface area contributed by atoms with Gasteiger partial charge in [0.05, 0.1) is 0 Å². The smallest absolute Gasteiger partial charge is 0.138 e. The maximum absolute atomic E-state index is 5.90. The van der Waals surface area contributed by atoms with E-state index in [4.69, 9.17) is 4.42 Å². The van der Waals surface area contributed by atoms with Crippen LogP contribution in [0.25, 0.3) is 17.4 Å². The van der Waals surface area contributed by atoms with Gasteiger partial charge in [0.1, 0.15) is 11.5 Å². The lowest BCUT2D eigenvalue weighted by atomic mass is 9.96. The molecule has 80 valence electrons. The van der Waals surface area contributed by atoms with Gasteiger partial charge in [0.15, 0.2) is 0 Å². The van der Waals surface area contributed by atoms with Crippen molar-refractivity contribution in [3.05, 3.63) is 53.3 Å². The van der Waals surface area contributed by atoms with Crippen LogP contribution < -0.4 is 0 Å². The molecule has 1 nitrogen and oxygen atoms in total. The number of hydrogen-bond acceptors (Lipinski definition) is 1. The first-order valence-corrected chi connectivity index (χ1v) is 5.70. The zero-order chi connectivity index (χ0) is 11.0. The van der Waals surface area contributed by atoms with E-state index < -0.39 is 0 Å². The minimum atomic E-state index is 1.03. The van der Waals surface area contributed by atoms with Gasteiger partial charge in [-0.15, -0.1) is 0 Å². The van der Waals surface area contributed by atoms with Crippen molar-refractivity contribution in [3.63, 3.8) is 0 Å². The summed E-state index contributed by atoms with van der Waals surface area (Å²) in [5, 5.41) is 0. The van der Waals surface area contributed by atoms with Crippen LogP contribution in [0.4, 0.5) is 0 Å². The van der Waals surface area contributed by atoms with Gasteiger partial charge in [-0.2, -0.15) is 0 Å². The number of hydrogen-bond donors (Lipinski definition) is 0. The fourth-order valence-electron chi connectivity index (χ4n) is 2.32. The van der Waals surface area contributed by atoms with Crippen LogP contribution in [0.2, 0.25) is 0 Å². The standard InChI is InChI=1S/C15H14O/c1-11-13-9-5-6-10-14(13)15(16-11)12-7-3-2-4-8-12/h2-5,7-9H,6,10H2,1H3. The highest BCUT2D eigenvalue weighted by molar-refractivity contribution is 5.71. The lowest BCUT2D eigenvalue weighted by Gasteiger charge is -2.06. The number of benzene rings is 1. The summed E-state index contributed by atoms with van der Waals surface area (Å²) in [6.45, 7) is 2.04. The van der Waals surface area contributed by atoms with Gasteiger partial charge >= 0.3 is 0 Å². The molecule has 1 aromatic heterocycles. The van der Waals surface area contributed by atoms with E-state index in [9.17, 15) is 0 Å². The van der Waals surface area contributed by atoms with Crippen molar-refractivity contribution in [2.24, 2.45) is 0 Å². The Balaban J connectivity index is 2.19. The summed E-state index contributed by atoms with van der Waals surface area (Å²) in [6.07, 6.45) is 6.61. The first-order valence-electron chi connectivity index (χ1n) is 5.70. The van der Waals surface area contributed by atoms with E-state index in [1.165, 1.54) is 16.7 Å². The molecule has 0 radical (unpaired) electrons. The van der Waals surface area contributed by atoms with Gasteiger partial charge in [-0.25, -0.2) is 0 Å². The molecule has 2 aromatic rings. The van der Waals surface area contributed by atoms with Crippen LogP contribution in [0.5, 0.6) is 0 Å². The van der Waals surface area contributed by atoms with Crippen LogP contribution in [0, 0.1) is 6.92 Å². The molecule has 0 fully saturated rings.